The molecule has 4 rings (SSSR count). The van der Waals surface area contributed by atoms with Crippen LogP contribution < -0.4 is 11.1 Å². The molecule has 3 aromatic rings. The van der Waals surface area contributed by atoms with E-state index in [0.717, 1.165) is 29.7 Å². The van der Waals surface area contributed by atoms with E-state index in [1.165, 1.54) is 0 Å². The highest BCUT2D eigenvalue weighted by Crippen LogP contribution is 2.28. The zero-order chi connectivity index (χ0) is 27.1. The Kier molecular flexibility index (Phi) is 9.30. The molecule has 3 unspecified atom stereocenters. The van der Waals surface area contributed by atoms with Crippen molar-refractivity contribution in [1.29, 1.82) is 0 Å². The van der Waals surface area contributed by atoms with E-state index in [2.05, 4.69) is 22.9 Å². The Balaban J connectivity index is 1.40. The van der Waals surface area contributed by atoms with Gasteiger partial charge >= 0.3 is 5.97 Å². The van der Waals surface area contributed by atoms with E-state index >= 15 is 0 Å². The number of hydrogen-bond acceptors (Lipinski definition) is 7. The SMILES string of the molecule is Nc1ccc(CC(C(=O)O)C(S)CCc2cccc(S(=O)(=O)N3CCCC3CNc3ccccc3)c2)cn1. The van der Waals surface area contributed by atoms with E-state index in [1.54, 1.807) is 40.8 Å². The molecule has 0 aliphatic carbocycles. The smallest absolute Gasteiger partial charge is 0.307 e. The van der Waals surface area contributed by atoms with Crippen LogP contribution in [0.1, 0.15) is 30.4 Å². The van der Waals surface area contributed by atoms with E-state index < -0.39 is 27.2 Å². The van der Waals surface area contributed by atoms with Crippen LogP contribution in [0.4, 0.5) is 11.5 Å². The largest absolute Gasteiger partial charge is 0.481 e. The van der Waals surface area contributed by atoms with Gasteiger partial charge in [0.25, 0.3) is 0 Å². The Hall–Kier alpha value is -3.08. The van der Waals surface area contributed by atoms with Crippen LogP contribution in [0.2, 0.25) is 0 Å². The van der Waals surface area contributed by atoms with Gasteiger partial charge in [0.1, 0.15) is 5.82 Å². The molecule has 1 aliphatic rings. The second kappa shape index (κ2) is 12.6. The first kappa shape index (κ1) is 27.9. The third-order valence-electron chi connectivity index (χ3n) is 6.96. The highest BCUT2D eigenvalue weighted by Gasteiger charge is 2.35. The fourth-order valence-electron chi connectivity index (χ4n) is 4.83. The van der Waals surface area contributed by atoms with Crippen molar-refractivity contribution in [2.45, 2.75) is 48.3 Å². The number of benzene rings is 2. The van der Waals surface area contributed by atoms with Crippen LogP contribution in [0.3, 0.4) is 0 Å². The number of nitrogens with two attached hydrogens (primary N) is 1. The molecule has 4 N–H and O–H groups in total. The molecule has 2 heterocycles. The molecule has 0 amide bonds. The van der Waals surface area contributed by atoms with Crippen LogP contribution in [0.5, 0.6) is 0 Å². The van der Waals surface area contributed by atoms with Crippen LogP contribution in [0.25, 0.3) is 0 Å². The number of aromatic nitrogens is 1. The lowest BCUT2D eigenvalue weighted by atomic mass is 9.93. The van der Waals surface area contributed by atoms with Gasteiger partial charge < -0.3 is 16.2 Å². The summed E-state index contributed by atoms with van der Waals surface area (Å²) < 4.78 is 28.7. The molecular weight excluding hydrogens is 520 g/mol. The summed E-state index contributed by atoms with van der Waals surface area (Å²) in [5.74, 6) is -1.26. The minimum Gasteiger partial charge on any atom is -0.481 e. The van der Waals surface area contributed by atoms with Crippen LogP contribution in [0, 0.1) is 5.92 Å². The van der Waals surface area contributed by atoms with Gasteiger partial charge in [-0.25, -0.2) is 13.4 Å². The Labute approximate surface area is 229 Å². The van der Waals surface area contributed by atoms with E-state index in [9.17, 15) is 18.3 Å². The number of thiol groups is 1. The fraction of sp³-hybridized carbons (Fsp3) is 0.357. The normalized spacial score (nSPS) is 17.7. The lowest BCUT2D eigenvalue weighted by Crippen LogP contribution is -2.39. The van der Waals surface area contributed by atoms with Crippen molar-refractivity contribution in [3.8, 4) is 0 Å². The maximum atomic E-state index is 13.6. The van der Waals surface area contributed by atoms with Crippen LogP contribution in [0.15, 0.2) is 77.8 Å². The zero-order valence-electron chi connectivity index (χ0n) is 21.1. The summed E-state index contributed by atoms with van der Waals surface area (Å²) in [5, 5.41) is 12.7. The summed E-state index contributed by atoms with van der Waals surface area (Å²) in [6.07, 6.45) is 4.50. The van der Waals surface area contributed by atoms with Gasteiger partial charge in [0, 0.05) is 36.3 Å². The van der Waals surface area contributed by atoms with Crippen molar-refractivity contribution in [3.63, 3.8) is 0 Å². The van der Waals surface area contributed by atoms with Gasteiger partial charge in [0.15, 0.2) is 0 Å². The minimum atomic E-state index is -3.66. The van der Waals surface area contributed by atoms with Crippen molar-refractivity contribution in [3.05, 3.63) is 84.1 Å². The van der Waals surface area contributed by atoms with Gasteiger partial charge in [0.2, 0.25) is 10.0 Å². The quantitative estimate of drug-likeness (QED) is 0.248. The number of nitrogens with one attached hydrogen (secondary N) is 1. The second-order valence-corrected chi connectivity index (χ2v) is 12.2. The molecule has 8 nitrogen and oxygen atoms in total. The number of carboxylic acids is 1. The van der Waals surface area contributed by atoms with Crippen LogP contribution >= 0.6 is 12.6 Å². The van der Waals surface area contributed by atoms with Gasteiger partial charge in [0.05, 0.1) is 10.8 Å². The Morgan fingerprint density at radius 2 is 1.92 bits per heavy atom. The van der Waals surface area contributed by atoms with E-state index in [0.29, 0.717) is 38.2 Å². The first-order valence-electron chi connectivity index (χ1n) is 12.7. The number of nitrogens with zero attached hydrogens (tertiary/aromatic N) is 2. The summed E-state index contributed by atoms with van der Waals surface area (Å²) >= 11 is 4.61. The van der Waals surface area contributed by atoms with Crippen molar-refractivity contribution in [2.75, 3.05) is 24.1 Å². The van der Waals surface area contributed by atoms with Crippen LogP contribution in [-0.4, -0.2) is 53.2 Å². The van der Waals surface area contributed by atoms with Crippen molar-refractivity contribution in [1.82, 2.24) is 9.29 Å². The minimum absolute atomic E-state index is 0.121. The number of aryl methyl sites for hydroxylation is 1. The van der Waals surface area contributed by atoms with Gasteiger partial charge in [-0.15, -0.1) is 0 Å². The van der Waals surface area contributed by atoms with E-state index in [1.807, 2.05) is 36.4 Å². The maximum absolute atomic E-state index is 13.6. The molecule has 1 saturated heterocycles. The molecule has 1 aromatic heterocycles. The molecule has 2 aromatic carbocycles. The molecule has 38 heavy (non-hydrogen) atoms. The lowest BCUT2D eigenvalue weighted by molar-refractivity contribution is -0.141. The number of hydrogen-bond donors (Lipinski definition) is 4. The Morgan fingerprint density at radius 3 is 2.63 bits per heavy atom. The molecule has 0 spiro atoms. The standard InChI is InChI=1S/C28H34N4O4S2/c29-27-14-12-21(18-31-27)17-25(28(33)34)26(37)13-11-20-6-4-10-24(16-20)38(35,36)32-15-5-9-23(32)19-30-22-7-2-1-3-8-22/h1-4,6-8,10,12,14,16,18,23,25-26,30,37H,5,9,11,13,15,17,19H2,(H2,29,31)(H,33,34). The van der Waals surface area contributed by atoms with Crippen molar-refractivity contribution in [2.24, 2.45) is 5.92 Å². The third-order valence-corrected chi connectivity index (χ3v) is 9.52. The predicted octanol–water partition coefficient (Wildman–Crippen LogP) is 4.10. The van der Waals surface area contributed by atoms with Crippen molar-refractivity contribution >= 4 is 40.1 Å². The predicted molar refractivity (Wildman–Crippen MR) is 153 cm³/mol. The maximum Gasteiger partial charge on any atom is 0.307 e. The second-order valence-electron chi connectivity index (χ2n) is 9.65. The van der Waals surface area contributed by atoms with Gasteiger partial charge in [-0.05, 0) is 73.6 Å². The average molecular weight is 555 g/mol. The number of nitrogen functional groups attached to an aromatic ring is 1. The fourth-order valence-corrected chi connectivity index (χ4v) is 6.96. The van der Waals surface area contributed by atoms with Gasteiger partial charge in [-0.3, -0.25) is 4.79 Å². The number of sulfonamides is 1. The number of carbonyl (C=O) groups is 1. The zero-order valence-corrected chi connectivity index (χ0v) is 22.8. The summed E-state index contributed by atoms with van der Waals surface area (Å²) in [7, 11) is -3.66. The van der Waals surface area contributed by atoms with Crippen LogP contribution in [-0.2, 0) is 27.7 Å². The number of carboxylic acid groups (broad SMARTS) is 1. The average Bonchev–Trinajstić information content (AvgIpc) is 3.40. The molecule has 0 radical (unpaired) electrons. The molecule has 10 heteroatoms. The first-order chi connectivity index (χ1) is 18.2. The molecule has 1 aliphatic heterocycles. The third kappa shape index (κ3) is 7.06. The van der Waals surface area contributed by atoms with Gasteiger partial charge in [-0.1, -0.05) is 36.4 Å². The molecular formula is C28H34N4O4S2. The topological polar surface area (TPSA) is 126 Å². The van der Waals surface area contributed by atoms with Gasteiger partial charge in [-0.2, -0.15) is 16.9 Å². The molecule has 1 fully saturated rings. The summed E-state index contributed by atoms with van der Waals surface area (Å²) in [5.41, 5.74) is 8.21. The molecule has 202 valence electrons. The number of para-hydroxylation sites is 1. The number of pyridine rings is 1. The summed E-state index contributed by atoms with van der Waals surface area (Å²) in [6.45, 7) is 1.04. The molecule has 0 saturated carbocycles. The summed E-state index contributed by atoms with van der Waals surface area (Å²) in [6, 6.07) is 20.0. The highest BCUT2D eigenvalue weighted by atomic mass is 32.2. The molecule has 3 atom stereocenters. The monoisotopic (exact) mass is 554 g/mol. The van der Waals surface area contributed by atoms with E-state index in [4.69, 9.17) is 5.73 Å². The lowest BCUT2D eigenvalue weighted by Gasteiger charge is -2.25. The highest BCUT2D eigenvalue weighted by molar-refractivity contribution is 7.89. The summed E-state index contributed by atoms with van der Waals surface area (Å²) in [4.78, 5) is 16.2. The first-order valence-corrected chi connectivity index (χ1v) is 14.7. The van der Waals surface area contributed by atoms with E-state index in [-0.39, 0.29) is 10.9 Å². The Morgan fingerprint density at radius 1 is 1.13 bits per heavy atom. The van der Waals surface area contributed by atoms with Crippen molar-refractivity contribution < 1.29 is 18.3 Å². The number of anilines is 2. The molecule has 0 bridgehead atoms. The Bertz CT molecular complexity index is 1320. The number of rotatable bonds is 12. The number of aliphatic carboxylic acids is 1.